The Bertz CT molecular complexity index is 1280. The van der Waals surface area contributed by atoms with Crippen LogP contribution in [0.1, 0.15) is 22.5 Å². The average Bonchev–Trinajstić information content (AvgIpc) is 3.19. The topological polar surface area (TPSA) is 68.5 Å². The van der Waals surface area contributed by atoms with Gasteiger partial charge in [0.25, 0.3) is 12.3 Å². The predicted octanol–water partition coefficient (Wildman–Crippen LogP) is 5.39. The zero-order valence-corrected chi connectivity index (χ0v) is 16.7. The van der Waals surface area contributed by atoms with Gasteiger partial charge in [-0.15, -0.1) is 0 Å². The molecule has 0 atom stereocenters. The van der Waals surface area contributed by atoms with Crippen LogP contribution in [0.2, 0.25) is 5.02 Å². The number of methoxy groups -OCH3 is 1. The normalized spacial score (nSPS) is 11.2. The third-order valence-electron chi connectivity index (χ3n) is 4.53. The number of ether oxygens (including phenoxy) is 1. The SMILES string of the molecule is COc1ccc(-c2cc(C(F)F)n3ncc(C(=O)Nc4ccc(F)c(Cl)c4)c3n2)cc1. The molecule has 1 N–H and O–H groups in total. The third-order valence-corrected chi connectivity index (χ3v) is 4.82. The van der Waals surface area contributed by atoms with Crippen molar-refractivity contribution in [3.05, 3.63) is 76.8 Å². The average molecular weight is 447 g/mol. The predicted molar refractivity (Wildman–Crippen MR) is 109 cm³/mol. The van der Waals surface area contributed by atoms with Crippen molar-refractivity contribution in [1.82, 2.24) is 14.6 Å². The van der Waals surface area contributed by atoms with Gasteiger partial charge < -0.3 is 10.1 Å². The van der Waals surface area contributed by atoms with Crippen molar-refractivity contribution >= 4 is 28.8 Å². The quantitative estimate of drug-likeness (QED) is 0.446. The van der Waals surface area contributed by atoms with E-state index >= 15 is 0 Å². The van der Waals surface area contributed by atoms with Crippen molar-refractivity contribution in [2.45, 2.75) is 6.43 Å². The van der Waals surface area contributed by atoms with Crippen molar-refractivity contribution in [2.24, 2.45) is 0 Å². The number of aromatic nitrogens is 3. The van der Waals surface area contributed by atoms with Gasteiger partial charge in [-0.25, -0.2) is 22.7 Å². The molecular weight excluding hydrogens is 433 g/mol. The second-order valence-electron chi connectivity index (χ2n) is 6.47. The molecule has 0 fully saturated rings. The summed E-state index contributed by atoms with van der Waals surface area (Å²) in [6, 6.07) is 11.6. The standard InChI is InChI=1S/C21H14ClF3N4O2/c1-31-13-5-2-11(3-6-13)17-9-18(19(24)25)29-20(28-17)14(10-26-29)21(30)27-12-4-7-16(23)15(22)8-12/h2-10,19H,1H3,(H,27,30). The molecule has 2 aromatic carbocycles. The number of rotatable bonds is 5. The molecule has 0 spiro atoms. The first kappa shape index (κ1) is 20.7. The van der Waals surface area contributed by atoms with Crippen LogP contribution in [0.4, 0.5) is 18.9 Å². The van der Waals surface area contributed by atoms with E-state index in [0.29, 0.717) is 11.3 Å². The molecule has 0 unspecified atom stereocenters. The van der Waals surface area contributed by atoms with Crippen molar-refractivity contribution in [3.8, 4) is 17.0 Å². The Balaban J connectivity index is 1.78. The van der Waals surface area contributed by atoms with E-state index in [0.717, 1.165) is 16.8 Å². The minimum Gasteiger partial charge on any atom is -0.497 e. The van der Waals surface area contributed by atoms with Gasteiger partial charge in [-0.05, 0) is 48.5 Å². The maximum atomic E-state index is 13.7. The number of hydrogen-bond donors (Lipinski definition) is 1. The van der Waals surface area contributed by atoms with Crippen LogP contribution in [-0.4, -0.2) is 27.6 Å². The van der Waals surface area contributed by atoms with Crippen LogP contribution in [0.3, 0.4) is 0 Å². The van der Waals surface area contributed by atoms with Gasteiger partial charge >= 0.3 is 0 Å². The summed E-state index contributed by atoms with van der Waals surface area (Å²) in [7, 11) is 1.51. The van der Waals surface area contributed by atoms with E-state index in [-0.39, 0.29) is 27.6 Å². The number of benzene rings is 2. The molecular formula is C21H14ClF3N4O2. The van der Waals surface area contributed by atoms with Crippen LogP contribution < -0.4 is 10.1 Å². The van der Waals surface area contributed by atoms with Crippen molar-refractivity contribution in [2.75, 3.05) is 12.4 Å². The van der Waals surface area contributed by atoms with Crippen LogP contribution in [0.15, 0.2) is 54.7 Å². The summed E-state index contributed by atoms with van der Waals surface area (Å²) in [5.74, 6) is -0.693. The van der Waals surface area contributed by atoms with Crippen molar-refractivity contribution in [3.63, 3.8) is 0 Å². The van der Waals surface area contributed by atoms with Crippen LogP contribution in [0.25, 0.3) is 16.9 Å². The molecule has 1 amide bonds. The lowest BCUT2D eigenvalue weighted by atomic mass is 10.1. The number of anilines is 1. The largest absolute Gasteiger partial charge is 0.497 e. The maximum absolute atomic E-state index is 13.7. The van der Waals surface area contributed by atoms with E-state index < -0.39 is 23.8 Å². The molecule has 2 heterocycles. The Morgan fingerprint density at radius 1 is 1.16 bits per heavy atom. The lowest BCUT2D eigenvalue weighted by Crippen LogP contribution is -2.13. The second kappa shape index (κ2) is 8.27. The highest BCUT2D eigenvalue weighted by molar-refractivity contribution is 6.31. The van der Waals surface area contributed by atoms with Crippen LogP contribution >= 0.6 is 11.6 Å². The minimum absolute atomic E-state index is 0.0299. The van der Waals surface area contributed by atoms with Crippen molar-refractivity contribution in [1.29, 1.82) is 0 Å². The number of carbonyl (C=O) groups excluding carboxylic acids is 1. The zero-order valence-electron chi connectivity index (χ0n) is 15.9. The number of nitrogens with one attached hydrogen (secondary N) is 1. The second-order valence-corrected chi connectivity index (χ2v) is 6.88. The first-order chi connectivity index (χ1) is 14.9. The monoisotopic (exact) mass is 446 g/mol. The van der Waals surface area contributed by atoms with Crippen LogP contribution in [0, 0.1) is 5.82 Å². The summed E-state index contributed by atoms with van der Waals surface area (Å²) in [5.41, 5.74) is 0.538. The van der Waals surface area contributed by atoms with Crippen LogP contribution in [-0.2, 0) is 0 Å². The Morgan fingerprint density at radius 2 is 1.90 bits per heavy atom. The number of hydrogen-bond acceptors (Lipinski definition) is 4. The Kier molecular flexibility index (Phi) is 5.51. The zero-order chi connectivity index (χ0) is 22.1. The fourth-order valence-electron chi connectivity index (χ4n) is 2.98. The minimum atomic E-state index is -2.85. The molecule has 0 saturated carbocycles. The molecule has 2 aromatic heterocycles. The molecule has 31 heavy (non-hydrogen) atoms. The summed E-state index contributed by atoms with van der Waals surface area (Å²) in [4.78, 5) is 17.1. The smallest absolute Gasteiger partial charge is 0.280 e. The molecule has 0 radical (unpaired) electrons. The first-order valence-electron chi connectivity index (χ1n) is 8.95. The summed E-state index contributed by atoms with van der Waals surface area (Å²) in [6.07, 6.45) is -1.71. The number of nitrogens with zero attached hydrogens (tertiary/aromatic N) is 3. The third kappa shape index (κ3) is 4.04. The number of halogens is 4. The molecule has 6 nitrogen and oxygen atoms in total. The fourth-order valence-corrected chi connectivity index (χ4v) is 3.16. The highest BCUT2D eigenvalue weighted by Gasteiger charge is 2.22. The lowest BCUT2D eigenvalue weighted by Gasteiger charge is -2.09. The molecule has 4 rings (SSSR count). The first-order valence-corrected chi connectivity index (χ1v) is 9.33. The Morgan fingerprint density at radius 3 is 2.55 bits per heavy atom. The summed E-state index contributed by atoms with van der Waals surface area (Å²) >= 11 is 5.74. The van der Waals surface area contributed by atoms with Gasteiger partial charge in [0.1, 0.15) is 22.8 Å². The molecule has 0 aliphatic heterocycles. The number of fused-ring (bicyclic) bond motifs is 1. The van der Waals surface area contributed by atoms with E-state index in [1.54, 1.807) is 24.3 Å². The summed E-state index contributed by atoms with van der Waals surface area (Å²) in [6.45, 7) is 0. The van der Waals surface area contributed by atoms with Gasteiger partial charge in [0.2, 0.25) is 0 Å². The van der Waals surface area contributed by atoms with E-state index in [1.165, 1.54) is 25.3 Å². The number of alkyl halides is 2. The molecule has 0 bridgehead atoms. The number of carbonyl (C=O) groups is 1. The molecule has 0 aliphatic rings. The van der Waals surface area contributed by atoms with Gasteiger partial charge in [0, 0.05) is 11.3 Å². The van der Waals surface area contributed by atoms with Gasteiger partial charge in [-0.3, -0.25) is 4.79 Å². The summed E-state index contributed by atoms with van der Waals surface area (Å²) < 4.78 is 46.8. The van der Waals surface area contributed by atoms with E-state index in [4.69, 9.17) is 16.3 Å². The number of amides is 1. The Labute approximate surface area is 179 Å². The van der Waals surface area contributed by atoms with E-state index in [9.17, 15) is 18.0 Å². The highest BCUT2D eigenvalue weighted by atomic mass is 35.5. The molecule has 0 saturated heterocycles. The van der Waals surface area contributed by atoms with E-state index in [1.807, 2.05) is 0 Å². The van der Waals surface area contributed by atoms with Gasteiger partial charge in [0.15, 0.2) is 5.65 Å². The van der Waals surface area contributed by atoms with Gasteiger partial charge in [0.05, 0.1) is 24.0 Å². The lowest BCUT2D eigenvalue weighted by molar-refractivity contribution is 0.102. The summed E-state index contributed by atoms with van der Waals surface area (Å²) in [5, 5.41) is 6.27. The Hall–Kier alpha value is -3.59. The molecule has 4 aromatic rings. The fraction of sp³-hybridized carbons (Fsp3) is 0.0952. The maximum Gasteiger partial charge on any atom is 0.280 e. The van der Waals surface area contributed by atoms with E-state index in [2.05, 4.69) is 15.4 Å². The molecule has 158 valence electrons. The van der Waals surface area contributed by atoms with Crippen molar-refractivity contribution < 1.29 is 22.7 Å². The van der Waals surface area contributed by atoms with Gasteiger partial charge in [-0.2, -0.15) is 5.10 Å². The molecule has 0 aliphatic carbocycles. The van der Waals surface area contributed by atoms with Gasteiger partial charge in [-0.1, -0.05) is 11.6 Å². The van der Waals surface area contributed by atoms with Crippen LogP contribution in [0.5, 0.6) is 5.75 Å². The molecule has 10 heteroatoms. The highest BCUT2D eigenvalue weighted by Crippen LogP contribution is 2.28.